The number of rotatable bonds is 7. The number of thiazole rings is 1. The first-order valence-electron chi connectivity index (χ1n) is 9.19. The smallest absolute Gasteiger partial charge is 0.258 e. The number of amides is 1. The van der Waals surface area contributed by atoms with Crippen LogP contribution < -0.4 is 10.9 Å². The molecule has 0 atom stereocenters. The third-order valence-electron chi connectivity index (χ3n) is 4.60. The Kier molecular flexibility index (Phi) is 5.87. The molecule has 0 radical (unpaired) electrons. The zero-order valence-corrected chi connectivity index (χ0v) is 16.9. The van der Waals surface area contributed by atoms with Crippen LogP contribution in [0.2, 0.25) is 0 Å². The average molecular weight is 413 g/mol. The number of hydrogen-bond donors (Lipinski definition) is 1. The van der Waals surface area contributed by atoms with Crippen molar-refractivity contribution in [3.63, 3.8) is 0 Å². The summed E-state index contributed by atoms with van der Waals surface area (Å²) in [5, 5.41) is 5.70. The zero-order valence-electron chi connectivity index (χ0n) is 15.3. The van der Waals surface area contributed by atoms with Crippen LogP contribution in [0.5, 0.6) is 0 Å². The van der Waals surface area contributed by atoms with E-state index in [9.17, 15) is 9.59 Å². The molecule has 1 aliphatic rings. The zero-order chi connectivity index (χ0) is 19.3. The molecule has 1 amide bonds. The molecule has 4 rings (SSSR count). The molecule has 0 saturated carbocycles. The van der Waals surface area contributed by atoms with Crippen molar-refractivity contribution in [1.82, 2.24) is 14.5 Å². The van der Waals surface area contributed by atoms with Crippen molar-refractivity contribution in [3.05, 3.63) is 69.1 Å². The van der Waals surface area contributed by atoms with E-state index in [2.05, 4.69) is 22.4 Å². The minimum absolute atomic E-state index is 0.0492. The van der Waals surface area contributed by atoms with Crippen molar-refractivity contribution < 1.29 is 4.79 Å². The Morgan fingerprint density at radius 1 is 1.25 bits per heavy atom. The summed E-state index contributed by atoms with van der Waals surface area (Å²) in [5.74, 6) is 0.533. The highest BCUT2D eigenvalue weighted by Gasteiger charge is 2.22. The topological polar surface area (TPSA) is 76.9 Å². The lowest BCUT2D eigenvalue weighted by Gasteiger charge is -2.13. The highest BCUT2D eigenvalue weighted by Crippen LogP contribution is 2.22. The molecule has 0 aliphatic heterocycles. The Morgan fingerprint density at radius 2 is 2.11 bits per heavy atom. The molecule has 0 unspecified atom stereocenters. The molecule has 144 valence electrons. The van der Waals surface area contributed by atoms with Crippen LogP contribution in [0.1, 0.15) is 23.2 Å². The van der Waals surface area contributed by atoms with Crippen LogP contribution >= 0.6 is 23.1 Å². The molecule has 0 spiro atoms. The van der Waals surface area contributed by atoms with E-state index in [0.29, 0.717) is 10.3 Å². The molecule has 1 aromatic carbocycles. The normalized spacial score (nSPS) is 12.7. The van der Waals surface area contributed by atoms with Gasteiger partial charge in [-0.25, -0.2) is 9.97 Å². The lowest BCUT2D eigenvalue weighted by molar-refractivity contribution is -0.116. The van der Waals surface area contributed by atoms with Gasteiger partial charge < -0.3 is 5.32 Å². The molecule has 3 aromatic rings. The van der Waals surface area contributed by atoms with Crippen molar-refractivity contribution in [2.24, 2.45) is 0 Å². The number of nitrogens with zero attached hydrogens (tertiary/aromatic N) is 3. The van der Waals surface area contributed by atoms with Gasteiger partial charge in [0.1, 0.15) is 6.54 Å². The third-order valence-corrected chi connectivity index (χ3v) is 6.27. The molecular weight excluding hydrogens is 392 g/mol. The maximum Gasteiger partial charge on any atom is 0.258 e. The van der Waals surface area contributed by atoms with Crippen molar-refractivity contribution in [3.8, 4) is 0 Å². The van der Waals surface area contributed by atoms with Gasteiger partial charge >= 0.3 is 0 Å². The van der Waals surface area contributed by atoms with E-state index < -0.39 is 0 Å². The van der Waals surface area contributed by atoms with E-state index >= 15 is 0 Å². The van der Waals surface area contributed by atoms with Gasteiger partial charge in [0.15, 0.2) is 10.3 Å². The minimum atomic E-state index is -0.262. The highest BCUT2D eigenvalue weighted by atomic mass is 32.2. The maximum atomic E-state index is 13.0. The van der Waals surface area contributed by atoms with Crippen LogP contribution in [0.3, 0.4) is 0 Å². The quantitative estimate of drug-likeness (QED) is 0.476. The van der Waals surface area contributed by atoms with E-state index in [0.717, 1.165) is 42.7 Å². The van der Waals surface area contributed by atoms with Crippen molar-refractivity contribution in [1.29, 1.82) is 0 Å². The number of aromatic nitrogens is 3. The average Bonchev–Trinajstić information content (AvgIpc) is 3.37. The lowest BCUT2D eigenvalue weighted by atomic mass is 10.2. The summed E-state index contributed by atoms with van der Waals surface area (Å²) in [6, 6.07) is 10.2. The van der Waals surface area contributed by atoms with Crippen molar-refractivity contribution in [2.45, 2.75) is 37.4 Å². The van der Waals surface area contributed by atoms with Gasteiger partial charge in [0, 0.05) is 22.9 Å². The number of carbonyl (C=O) groups is 1. The molecule has 28 heavy (non-hydrogen) atoms. The molecule has 2 aromatic heterocycles. The fourth-order valence-corrected chi connectivity index (χ4v) is 4.79. The second-order valence-electron chi connectivity index (χ2n) is 6.53. The monoisotopic (exact) mass is 412 g/mol. The summed E-state index contributed by atoms with van der Waals surface area (Å²) in [4.78, 5) is 34.2. The molecule has 2 heterocycles. The summed E-state index contributed by atoms with van der Waals surface area (Å²) < 4.78 is 1.52. The lowest BCUT2D eigenvalue weighted by Crippen LogP contribution is -2.32. The first kappa shape index (κ1) is 18.9. The van der Waals surface area contributed by atoms with Gasteiger partial charge in [-0.05, 0) is 31.2 Å². The molecule has 0 fully saturated rings. The Bertz CT molecular complexity index is 1020. The summed E-state index contributed by atoms with van der Waals surface area (Å²) in [5.41, 5.74) is 2.81. The third kappa shape index (κ3) is 4.34. The van der Waals surface area contributed by atoms with E-state index in [1.54, 1.807) is 11.6 Å². The van der Waals surface area contributed by atoms with Gasteiger partial charge in [0.05, 0.1) is 5.69 Å². The Hall–Kier alpha value is -2.45. The molecule has 0 bridgehead atoms. The van der Waals surface area contributed by atoms with Crippen LogP contribution in [0.15, 0.2) is 51.9 Å². The van der Waals surface area contributed by atoms with E-state index in [1.807, 2.05) is 18.2 Å². The number of benzene rings is 1. The number of anilines is 1. The van der Waals surface area contributed by atoms with Gasteiger partial charge in [-0.3, -0.25) is 14.2 Å². The van der Waals surface area contributed by atoms with Crippen molar-refractivity contribution in [2.75, 3.05) is 11.1 Å². The maximum absolute atomic E-state index is 13.0. The number of carbonyl (C=O) groups excluding carboxylic acids is 1. The number of thioether (sulfide) groups is 1. The fourth-order valence-electron chi connectivity index (χ4n) is 3.25. The van der Waals surface area contributed by atoms with Crippen LogP contribution in [-0.4, -0.2) is 26.2 Å². The Balaban J connectivity index is 1.53. The molecule has 8 heteroatoms. The van der Waals surface area contributed by atoms with Crippen LogP contribution in [-0.2, 0) is 30.6 Å². The van der Waals surface area contributed by atoms with Gasteiger partial charge in [-0.1, -0.05) is 42.1 Å². The summed E-state index contributed by atoms with van der Waals surface area (Å²) in [6.45, 7) is -0.0492. The summed E-state index contributed by atoms with van der Waals surface area (Å²) in [7, 11) is 0. The fraction of sp³-hybridized carbons (Fsp3) is 0.300. The van der Waals surface area contributed by atoms with Crippen LogP contribution in [0.25, 0.3) is 0 Å². The van der Waals surface area contributed by atoms with Crippen LogP contribution in [0, 0.1) is 0 Å². The van der Waals surface area contributed by atoms with E-state index in [1.165, 1.54) is 33.2 Å². The predicted octanol–water partition coefficient (Wildman–Crippen LogP) is 3.16. The first-order valence-corrected chi connectivity index (χ1v) is 11.1. The van der Waals surface area contributed by atoms with E-state index in [-0.39, 0.29) is 18.0 Å². The first-order chi connectivity index (χ1) is 13.7. The predicted molar refractivity (Wildman–Crippen MR) is 112 cm³/mol. The van der Waals surface area contributed by atoms with E-state index in [4.69, 9.17) is 4.98 Å². The SMILES string of the molecule is O=C(Cn1c(SCCc2ccccc2)nc2c(c1=O)CCC2)Nc1nccs1. The summed E-state index contributed by atoms with van der Waals surface area (Å²) in [6.07, 6.45) is 5.03. The van der Waals surface area contributed by atoms with Crippen molar-refractivity contribution >= 4 is 34.1 Å². The Morgan fingerprint density at radius 3 is 2.89 bits per heavy atom. The van der Waals surface area contributed by atoms with Gasteiger partial charge in [-0.15, -0.1) is 11.3 Å². The molecule has 0 saturated heterocycles. The van der Waals surface area contributed by atoms with Gasteiger partial charge in [0.2, 0.25) is 5.91 Å². The standard InChI is InChI=1S/C20H20N4O2S2/c25-17(23-19-21-10-12-27-19)13-24-18(26)15-7-4-8-16(15)22-20(24)28-11-9-14-5-2-1-3-6-14/h1-3,5-6,10,12H,4,7-9,11,13H2,(H,21,23,25). The summed E-state index contributed by atoms with van der Waals surface area (Å²) >= 11 is 2.88. The molecule has 6 nitrogen and oxygen atoms in total. The number of fused-ring (bicyclic) bond motifs is 1. The number of hydrogen-bond acceptors (Lipinski definition) is 6. The van der Waals surface area contributed by atoms with Crippen LogP contribution in [0.4, 0.5) is 5.13 Å². The second-order valence-corrected chi connectivity index (χ2v) is 8.49. The number of nitrogens with one attached hydrogen (secondary N) is 1. The highest BCUT2D eigenvalue weighted by molar-refractivity contribution is 7.99. The second kappa shape index (κ2) is 8.70. The molecule has 1 aliphatic carbocycles. The molecule has 1 N–H and O–H groups in total. The Labute approximate surface area is 171 Å². The van der Waals surface area contributed by atoms with Gasteiger partial charge in [-0.2, -0.15) is 0 Å². The number of aryl methyl sites for hydroxylation is 2. The van der Waals surface area contributed by atoms with Gasteiger partial charge in [0.25, 0.3) is 5.56 Å². The molecular formula is C20H20N4O2S2. The largest absolute Gasteiger partial charge is 0.300 e. The minimum Gasteiger partial charge on any atom is -0.300 e.